The van der Waals surface area contributed by atoms with E-state index in [1.54, 1.807) is 0 Å². The van der Waals surface area contributed by atoms with E-state index in [0.29, 0.717) is 13.2 Å². The number of fused-ring (bicyclic) bond motifs is 1. The highest BCUT2D eigenvalue weighted by Crippen LogP contribution is 2.35. The molecule has 0 fully saturated rings. The molecular formula is C17H18ClNO2. The van der Waals surface area contributed by atoms with Crippen molar-refractivity contribution >= 4 is 11.6 Å². The van der Waals surface area contributed by atoms with Crippen LogP contribution in [0, 0.1) is 6.92 Å². The maximum absolute atomic E-state index is 6.25. The van der Waals surface area contributed by atoms with Gasteiger partial charge in [-0.25, -0.2) is 0 Å². The van der Waals surface area contributed by atoms with E-state index in [4.69, 9.17) is 21.1 Å². The Balaban J connectivity index is 2.02. The molecule has 1 unspecified atom stereocenters. The molecule has 0 saturated heterocycles. The minimum absolute atomic E-state index is 0.0690. The van der Waals surface area contributed by atoms with Crippen molar-refractivity contribution in [1.29, 1.82) is 0 Å². The van der Waals surface area contributed by atoms with Gasteiger partial charge in [-0.3, -0.25) is 0 Å². The zero-order valence-electron chi connectivity index (χ0n) is 12.2. The van der Waals surface area contributed by atoms with Gasteiger partial charge in [-0.15, -0.1) is 0 Å². The first kappa shape index (κ1) is 14.2. The van der Waals surface area contributed by atoms with Gasteiger partial charge in [0.15, 0.2) is 11.5 Å². The second kappa shape index (κ2) is 5.96. The Bertz CT molecular complexity index is 657. The Labute approximate surface area is 129 Å². The zero-order valence-corrected chi connectivity index (χ0v) is 12.9. The highest BCUT2D eigenvalue weighted by atomic mass is 35.5. The molecule has 1 N–H and O–H groups in total. The number of benzene rings is 2. The highest BCUT2D eigenvalue weighted by molar-refractivity contribution is 6.31. The Kier molecular flexibility index (Phi) is 4.04. The summed E-state index contributed by atoms with van der Waals surface area (Å²) >= 11 is 6.25. The van der Waals surface area contributed by atoms with Crippen molar-refractivity contribution in [2.75, 3.05) is 20.3 Å². The van der Waals surface area contributed by atoms with E-state index >= 15 is 0 Å². The van der Waals surface area contributed by atoms with E-state index in [1.807, 2.05) is 38.2 Å². The highest BCUT2D eigenvalue weighted by Gasteiger charge is 2.19. The topological polar surface area (TPSA) is 30.5 Å². The number of halogens is 1. The van der Waals surface area contributed by atoms with Crippen LogP contribution in [0.5, 0.6) is 11.5 Å². The molecule has 0 amide bonds. The van der Waals surface area contributed by atoms with E-state index in [-0.39, 0.29) is 6.04 Å². The molecule has 21 heavy (non-hydrogen) atoms. The summed E-state index contributed by atoms with van der Waals surface area (Å²) in [4.78, 5) is 0. The summed E-state index contributed by atoms with van der Waals surface area (Å²) in [7, 11) is 1.95. The van der Waals surface area contributed by atoms with Gasteiger partial charge in [0.05, 0.1) is 6.04 Å². The molecule has 0 saturated carbocycles. The van der Waals surface area contributed by atoms with Crippen LogP contribution < -0.4 is 14.8 Å². The second-order valence-corrected chi connectivity index (χ2v) is 5.49. The molecule has 4 heteroatoms. The van der Waals surface area contributed by atoms with Crippen molar-refractivity contribution in [3.8, 4) is 11.5 Å². The van der Waals surface area contributed by atoms with Gasteiger partial charge in [0.1, 0.15) is 13.2 Å². The van der Waals surface area contributed by atoms with Crippen LogP contribution in [0.25, 0.3) is 0 Å². The molecule has 3 nitrogen and oxygen atoms in total. The zero-order chi connectivity index (χ0) is 14.8. The number of rotatable bonds is 3. The lowest BCUT2D eigenvalue weighted by atomic mass is 9.95. The Morgan fingerprint density at radius 2 is 1.86 bits per heavy atom. The standard InChI is InChI=1S/C17H18ClNO2/c1-11-13(4-3-5-14(11)18)17(19-2)12-6-7-15-16(10-12)21-9-8-20-15/h3-7,10,17,19H,8-9H2,1-2H3. The van der Waals surface area contributed by atoms with Crippen molar-refractivity contribution < 1.29 is 9.47 Å². The number of ether oxygens (including phenoxy) is 2. The third-order valence-electron chi connectivity index (χ3n) is 3.81. The molecule has 2 aromatic rings. The molecule has 1 aliphatic rings. The molecule has 3 rings (SSSR count). The molecule has 0 aromatic heterocycles. The maximum Gasteiger partial charge on any atom is 0.161 e. The van der Waals surface area contributed by atoms with Crippen LogP contribution in [-0.2, 0) is 0 Å². The van der Waals surface area contributed by atoms with Gasteiger partial charge in [-0.2, -0.15) is 0 Å². The molecule has 0 radical (unpaired) electrons. The van der Waals surface area contributed by atoms with Gasteiger partial charge >= 0.3 is 0 Å². The van der Waals surface area contributed by atoms with E-state index in [0.717, 1.165) is 27.6 Å². The summed E-state index contributed by atoms with van der Waals surface area (Å²) in [6, 6.07) is 12.1. The smallest absolute Gasteiger partial charge is 0.161 e. The minimum atomic E-state index is 0.0690. The Morgan fingerprint density at radius 1 is 1.10 bits per heavy atom. The minimum Gasteiger partial charge on any atom is -0.486 e. The van der Waals surface area contributed by atoms with Crippen LogP contribution in [0.1, 0.15) is 22.7 Å². The monoisotopic (exact) mass is 303 g/mol. The number of hydrogen-bond donors (Lipinski definition) is 1. The number of nitrogens with one attached hydrogen (secondary N) is 1. The lowest BCUT2D eigenvalue weighted by Gasteiger charge is -2.23. The third kappa shape index (κ3) is 2.71. The summed E-state index contributed by atoms with van der Waals surface area (Å²) in [6.07, 6.45) is 0. The quantitative estimate of drug-likeness (QED) is 0.937. The van der Waals surface area contributed by atoms with Crippen LogP contribution in [0.3, 0.4) is 0 Å². The normalized spacial score (nSPS) is 14.8. The molecule has 0 bridgehead atoms. The Morgan fingerprint density at radius 3 is 2.62 bits per heavy atom. The fourth-order valence-corrected chi connectivity index (χ4v) is 2.86. The van der Waals surface area contributed by atoms with Crippen LogP contribution in [0.4, 0.5) is 0 Å². The van der Waals surface area contributed by atoms with Crippen LogP contribution >= 0.6 is 11.6 Å². The largest absolute Gasteiger partial charge is 0.486 e. The van der Waals surface area contributed by atoms with Crippen LogP contribution in [0.2, 0.25) is 5.02 Å². The van der Waals surface area contributed by atoms with Gasteiger partial charge in [0.25, 0.3) is 0 Å². The molecule has 0 aliphatic carbocycles. The molecular weight excluding hydrogens is 286 g/mol. The predicted molar refractivity (Wildman–Crippen MR) is 84.5 cm³/mol. The summed E-state index contributed by atoms with van der Waals surface area (Å²) in [5, 5.41) is 4.14. The molecule has 110 valence electrons. The average molecular weight is 304 g/mol. The van der Waals surface area contributed by atoms with Gasteiger partial charge in [0, 0.05) is 5.02 Å². The van der Waals surface area contributed by atoms with E-state index in [1.165, 1.54) is 5.56 Å². The first-order valence-electron chi connectivity index (χ1n) is 7.02. The van der Waals surface area contributed by atoms with Crippen molar-refractivity contribution in [1.82, 2.24) is 5.32 Å². The van der Waals surface area contributed by atoms with Crippen molar-refractivity contribution in [3.63, 3.8) is 0 Å². The Hall–Kier alpha value is -1.71. The van der Waals surface area contributed by atoms with Gasteiger partial charge in [-0.1, -0.05) is 29.8 Å². The summed E-state index contributed by atoms with van der Waals surface area (Å²) < 4.78 is 11.2. The SMILES string of the molecule is CNC(c1ccc2c(c1)OCCO2)c1cccc(Cl)c1C. The predicted octanol–water partition coefficient (Wildman–Crippen LogP) is 3.73. The lowest BCUT2D eigenvalue weighted by molar-refractivity contribution is 0.171. The van der Waals surface area contributed by atoms with Crippen LogP contribution in [0.15, 0.2) is 36.4 Å². The first-order valence-corrected chi connectivity index (χ1v) is 7.40. The first-order chi connectivity index (χ1) is 10.2. The fourth-order valence-electron chi connectivity index (χ4n) is 2.68. The molecule has 2 aromatic carbocycles. The average Bonchev–Trinajstić information content (AvgIpc) is 2.52. The van der Waals surface area contributed by atoms with Gasteiger partial charge < -0.3 is 14.8 Å². The van der Waals surface area contributed by atoms with E-state index in [9.17, 15) is 0 Å². The van der Waals surface area contributed by atoms with E-state index < -0.39 is 0 Å². The van der Waals surface area contributed by atoms with Gasteiger partial charge in [-0.05, 0) is 48.9 Å². The second-order valence-electron chi connectivity index (χ2n) is 5.08. The van der Waals surface area contributed by atoms with Crippen LogP contribution in [-0.4, -0.2) is 20.3 Å². The van der Waals surface area contributed by atoms with Crippen molar-refractivity contribution in [3.05, 3.63) is 58.1 Å². The summed E-state index contributed by atoms with van der Waals surface area (Å²) in [5.41, 5.74) is 3.39. The van der Waals surface area contributed by atoms with E-state index in [2.05, 4.69) is 17.4 Å². The molecule has 1 aliphatic heterocycles. The third-order valence-corrected chi connectivity index (χ3v) is 4.22. The lowest BCUT2D eigenvalue weighted by Crippen LogP contribution is -2.20. The van der Waals surface area contributed by atoms with Gasteiger partial charge in [0.2, 0.25) is 0 Å². The van der Waals surface area contributed by atoms with Crippen molar-refractivity contribution in [2.45, 2.75) is 13.0 Å². The molecule has 1 atom stereocenters. The molecule has 0 spiro atoms. The summed E-state index contributed by atoms with van der Waals surface area (Å²) in [5.74, 6) is 1.61. The summed E-state index contributed by atoms with van der Waals surface area (Å²) in [6.45, 7) is 3.24. The fraction of sp³-hybridized carbons (Fsp3) is 0.294. The molecule has 1 heterocycles. The number of hydrogen-bond acceptors (Lipinski definition) is 3. The van der Waals surface area contributed by atoms with Crippen molar-refractivity contribution in [2.24, 2.45) is 0 Å². The maximum atomic E-state index is 6.25.